The highest BCUT2D eigenvalue weighted by Gasteiger charge is 2.62. The van der Waals surface area contributed by atoms with Crippen LogP contribution in [-0.2, 0) is 42.9 Å². The first-order valence-electron chi connectivity index (χ1n) is 10.5. The summed E-state index contributed by atoms with van der Waals surface area (Å²) in [5.41, 5.74) is -0.235. The molecule has 1 aliphatic rings. The van der Waals surface area contributed by atoms with Gasteiger partial charge >= 0.3 is 30.1 Å². The standard InChI is InChI=1S/C22H24F3NO11/c1-10(27)33-15-16(34-11(2)28)18(35-12(3)29)21(4,36-17(15)19(30)31)37-20(22(23,24)25)26-13-6-8-14(32-5)9-7-13/h6-9,15-18H,1-5H3,(H,30,31). The number of rotatable bonds is 7. The highest BCUT2D eigenvalue weighted by Crippen LogP contribution is 2.39. The maximum absolute atomic E-state index is 14.0. The summed E-state index contributed by atoms with van der Waals surface area (Å²) in [5.74, 6) is -9.33. The number of halogens is 3. The fourth-order valence-electron chi connectivity index (χ4n) is 3.41. The van der Waals surface area contributed by atoms with Crippen molar-refractivity contribution in [2.24, 2.45) is 4.99 Å². The maximum atomic E-state index is 14.0. The first-order chi connectivity index (χ1) is 17.1. The molecule has 5 unspecified atom stereocenters. The smallest absolute Gasteiger partial charge is 0.468 e. The van der Waals surface area contributed by atoms with Crippen LogP contribution >= 0.6 is 0 Å². The minimum Gasteiger partial charge on any atom is -0.497 e. The van der Waals surface area contributed by atoms with Gasteiger partial charge in [-0.3, -0.25) is 14.4 Å². The number of nitrogens with zero attached hydrogens (tertiary/aromatic N) is 1. The molecule has 1 aromatic rings. The van der Waals surface area contributed by atoms with E-state index in [4.69, 9.17) is 28.4 Å². The summed E-state index contributed by atoms with van der Waals surface area (Å²) in [6.07, 6.45) is -13.4. The Morgan fingerprint density at radius 2 is 1.46 bits per heavy atom. The number of ether oxygens (including phenoxy) is 6. The number of hydrogen-bond donors (Lipinski definition) is 1. The highest BCUT2D eigenvalue weighted by atomic mass is 19.4. The summed E-state index contributed by atoms with van der Waals surface area (Å²) in [4.78, 5) is 50.6. The van der Waals surface area contributed by atoms with Gasteiger partial charge in [-0.25, -0.2) is 9.79 Å². The molecule has 0 spiro atoms. The molecule has 1 N–H and O–H groups in total. The van der Waals surface area contributed by atoms with Crippen molar-refractivity contribution in [2.75, 3.05) is 7.11 Å². The summed E-state index contributed by atoms with van der Waals surface area (Å²) in [6, 6.07) is 5.02. The fourth-order valence-corrected chi connectivity index (χ4v) is 3.41. The number of carboxylic acids is 1. The van der Waals surface area contributed by atoms with Crippen LogP contribution in [0.1, 0.15) is 27.7 Å². The number of aliphatic imine (C=N–C) groups is 1. The molecular weight excluding hydrogens is 511 g/mol. The lowest BCUT2D eigenvalue weighted by atomic mass is 9.92. The Kier molecular flexibility index (Phi) is 9.08. The molecular formula is C22H24F3NO11. The van der Waals surface area contributed by atoms with Crippen molar-refractivity contribution in [1.82, 2.24) is 0 Å². The zero-order chi connectivity index (χ0) is 28.1. The lowest BCUT2D eigenvalue weighted by Gasteiger charge is -2.48. The minimum absolute atomic E-state index is 0.235. The van der Waals surface area contributed by atoms with Gasteiger partial charge in [-0.05, 0) is 24.3 Å². The van der Waals surface area contributed by atoms with Crippen LogP contribution in [0, 0.1) is 0 Å². The summed E-state index contributed by atoms with van der Waals surface area (Å²) in [7, 11) is 1.35. The number of carboxylic acid groups (broad SMARTS) is 1. The van der Waals surface area contributed by atoms with Crippen molar-refractivity contribution in [2.45, 2.75) is 64.1 Å². The molecule has 0 radical (unpaired) electrons. The molecule has 0 aliphatic carbocycles. The van der Waals surface area contributed by atoms with E-state index < -0.39 is 66.2 Å². The third kappa shape index (κ3) is 7.55. The van der Waals surface area contributed by atoms with Gasteiger partial charge in [-0.1, -0.05) is 0 Å². The van der Waals surface area contributed by atoms with Gasteiger partial charge in [0, 0.05) is 27.7 Å². The van der Waals surface area contributed by atoms with E-state index in [2.05, 4.69) is 4.99 Å². The van der Waals surface area contributed by atoms with Crippen molar-refractivity contribution in [1.29, 1.82) is 0 Å². The lowest BCUT2D eigenvalue weighted by Crippen LogP contribution is -2.69. The number of carbonyl (C=O) groups is 4. The molecule has 1 heterocycles. The van der Waals surface area contributed by atoms with E-state index in [1.807, 2.05) is 0 Å². The van der Waals surface area contributed by atoms with Gasteiger partial charge in [0.25, 0.3) is 11.7 Å². The Balaban J connectivity index is 2.66. The molecule has 2 rings (SSSR count). The molecule has 0 saturated carbocycles. The molecule has 1 saturated heterocycles. The van der Waals surface area contributed by atoms with Gasteiger partial charge < -0.3 is 33.5 Å². The number of aliphatic carboxylic acids is 1. The van der Waals surface area contributed by atoms with Gasteiger partial charge in [-0.15, -0.1) is 0 Å². The second kappa shape index (κ2) is 11.5. The predicted octanol–water partition coefficient (Wildman–Crippen LogP) is 2.30. The Morgan fingerprint density at radius 1 is 0.946 bits per heavy atom. The van der Waals surface area contributed by atoms with Gasteiger partial charge in [0.15, 0.2) is 18.3 Å². The van der Waals surface area contributed by atoms with Crippen molar-refractivity contribution in [3.63, 3.8) is 0 Å². The quantitative estimate of drug-likeness (QED) is 0.237. The number of carbonyl (C=O) groups excluding carboxylic acids is 3. The zero-order valence-corrected chi connectivity index (χ0v) is 20.2. The summed E-state index contributed by atoms with van der Waals surface area (Å²) in [5, 5.41) is 9.67. The van der Waals surface area contributed by atoms with Crippen LogP contribution in [0.2, 0.25) is 0 Å². The molecule has 15 heteroatoms. The number of hydrogen-bond acceptors (Lipinski definition) is 11. The van der Waals surface area contributed by atoms with Crippen LogP contribution in [-0.4, -0.2) is 78.4 Å². The van der Waals surface area contributed by atoms with Gasteiger partial charge in [0.05, 0.1) is 12.8 Å². The van der Waals surface area contributed by atoms with E-state index in [9.17, 15) is 37.5 Å². The molecule has 0 amide bonds. The number of benzene rings is 1. The van der Waals surface area contributed by atoms with E-state index in [0.717, 1.165) is 27.7 Å². The van der Waals surface area contributed by atoms with Crippen LogP contribution in [0.15, 0.2) is 29.3 Å². The average molecular weight is 535 g/mol. The molecule has 5 atom stereocenters. The van der Waals surface area contributed by atoms with Gasteiger partial charge in [0.1, 0.15) is 5.75 Å². The number of methoxy groups -OCH3 is 1. The first-order valence-corrected chi connectivity index (χ1v) is 10.5. The normalized spacial score (nSPS) is 26.0. The topological polar surface area (TPSA) is 156 Å². The molecule has 1 fully saturated rings. The van der Waals surface area contributed by atoms with E-state index >= 15 is 0 Å². The van der Waals surface area contributed by atoms with Crippen LogP contribution < -0.4 is 4.74 Å². The molecule has 0 bridgehead atoms. The average Bonchev–Trinajstić information content (AvgIpc) is 2.76. The summed E-state index contributed by atoms with van der Waals surface area (Å²) < 4.78 is 72.3. The lowest BCUT2D eigenvalue weighted by molar-refractivity contribution is -0.334. The van der Waals surface area contributed by atoms with Crippen LogP contribution in [0.4, 0.5) is 18.9 Å². The predicted molar refractivity (Wildman–Crippen MR) is 115 cm³/mol. The van der Waals surface area contributed by atoms with Crippen molar-refractivity contribution < 1.29 is 65.9 Å². The van der Waals surface area contributed by atoms with Crippen molar-refractivity contribution in [3.8, 4) is 5.75 Å². The third-order valence-corrected chi connectivity index (χ3v) is 4.78. The second-order valence-electron chi connectivity index (χ2n) is 7.79. The maximum Gasteiger partial charge on any atom is 0.468 e. The molecule has 37 heavy (non-hydrogen) atoms. The summed E-state index contributed by atoms with van der Waals surface area (Å²) in [6.45, 7) is 3.50. The van der Waals surface area contributed by atoms with E-state index in [1.54, 1.807) is 0 Å². The molecule has 12 nitrogen and oxygen atoms in total. The van der Waals surface area contributed by atoms with Crippen LogP contribution in [0.25, 0.3) is 0 Å². The van der Waals surface area contributed by atoms with Gasteiger partial charge in [-0.2, -0.15) is 13.2 Å². The first kappa shape index (κ1) is 29.4. The molecule has 204 valence electrons. The van der Waals surface area contributed by atoms with E-state index in [-0.39, 0.29) is 5.69 Å². The number of esters is 3. The Bertz CT molecular complexity index is 1060. The zero-order valence-electron chi connectivity index (χ0n) is 20.2. The van der Waals surface area contributed by atoms with Crippen LogP contribution in [0.5, 0.6) is 5.75 Å². The largest absolute Gasteiger partial charge is 0.497 e. The Morgan fingerprint density at radius 3 is 1.89 bits per heavy atom. The van der Waals surface area contributed by atoms with Crippen molar-refractivity contribution in [3.05, 3.63) is 24.3 Å². The Labute approximate surface area is 208 Å². The monoisotopic (exact) mass is 535 g/mol. The number of alkyl halides is 3. The fraction of sp³-hybridized carbons (Fsp3) is 0.500. The molecule has 1 aliphatic heterocycles. The Hall–Kier alpha value is -3.88. The second-order valence-corrected chi connectivity index (χ2v) is 7.79. The third-order valence-electron chi connectivity index (χ3n) is 4.78. The van der Waals surface area contributed by atoms with E-state index in [0.29, 0.717) is 5.75 Å². The highest BCUT2D eigenvalue weighted by molar-refractivity contribution is 5.85. The van der Waals surface area contributed by atoms with Crippen LogP contribution in [0.3, 0.4) is 0 Å². The SMILES string of the molecule is COc1ccc(N=C(OC2(C)OC(C(=O)O)C(OC(C)=O)C(OC(C)=O)C2OC(C)=O)C(F)(F)F)cc1. The molecule has 1 aromatic carbocycles. The molecule has 0 aromatic heterocycles. The van der Waals surface area contributed by atoms with E-state index in [1.165, 1.54) is 31.4 Å². The van der Waals surface area contributed by atoms with Gasteiger partial charge in [0.2, 0.25) is 6.10 Å². The summed E-state index contributed by atoms with van der Waals surface area (Å²) >= 11 is 0. The van der Waals surface area contributed by atoms with Crippen molar-refractivity contribution >= 4 is 35.5 Å². The minimum atomic E-state index is -5.25.